The van der Waals surface area contributed by atoms with E-state index in [-0.39, 0.29) is 11.6 Å². The summed E-state index contributed by atoms with van der Waals surface area (Å²) in [4.78, 5) is 29.6. The Labute approximate surface area is 190 Å². The molecule has 4 aromatic rings. The summed E-state index contributed by atoms with van der Waals surface area (Å²) in [5, 5.41) is 0. The Kier molecular flexibility index (Phi) is 6.27. The first-order valence-electron chi connectivity index (χ1n) is 10.1. The van der Waals surface area contributed by atoms with Crippen LogP contribution < -0.4 is 16.6 Å². The van der Waals surface area contributed by atoms with Crippen LogP contribution in [0.3, 0.4) is 0 Å². The molecule has 0 fully saturated rings. The van der Waals surface area contributed by atoms with Crippen molar-refractivity contribution in [3.63, 3.8) is 0 Å². The molecule has 33 heavy (non-hydrogen) atoms. The molecule has 0 saturated heterocycles. The molecule has 4 rings (SSSR count). The molecule has 10 nitrogen and oxygen atoms in total. The number of pyridine rings is 1. The van der Waals surface area contributed by atoms with Crippen LogP contribution in [0.25, 0.3) is 22.4 Å². The van der Waals surface area contributed by atoms with Gasteiger partial charge in [-0.25, -0.2) is 25.2 Å². The fourth-order valence-electron chi connectivity index (χ4n) is 3.38. The van der Waals surface area contributed by atoms with E-state index in [4.69, 9.17) is 14.9 Å². The van der Waals surface area contributed by atoms with Crippen LogP contribution in [0.15, 0.2) is 53.3 Å². The van der Waals surface area contributed by atoms with Crippen molar-refractivity contribution in [1.82, 2.24) is 25.4 Å². The summed E-state index contributed by atoms with van der Waals surface area (Å²) >= 11 is 0. The minimum absolute atomic E-state index is 0.0958. The summed E-state index contributed by atoms with van der Waals surface area (Å²) in [7, 11) is 1.32. The number of methoxy groups -OCH3 is 1. The van der Waals surface area contributed by atoms with Crippen molar-refractivity contribution in [2.24, 2.45) is 0 Å². The van der Waals surface area contributed by atoms with E-state index >= 15 is 0 Å². The van der Waals surface area contributed by atoms with Gasteiger partial charge in [-0.2, -0.15) is 4.98 Å². The number of aromatic nitrogens is 4. The number of esters is 1. The Morgan fingerprint density at radius 1 is 1.09 bits per heavy atom. The smallest absolute Gasteiger partial charge is 0.356 e. The lowest BCUT2D eigenvalue weighted by molar-refractivity contribution is 0.0594. The number of rotatable bonds is 7. The molecule has 0 aliphatic rings. The van der Waals surface area contributed by atoms with Gasteiger partial charge in [0.2, 0.25) is 5.95 Å². The zero-order chi connectivity index (χ0) is 23.4. The highest BCUT2D eigenvalue weighted by Crippen LogP contribution is 2.36. The van der Waals surface area contributed by atoms with Crippen molar-refractivity contribution in [3.05, 3.63) is 71.7 Å². The van der Waals surface area contributed by atoms with Crippen molar-refractivity contribution in [1.29, 1.82) is 0 Å². The number of hydrogen-bond donors (Lipinski definition) is 3. The quantitative estimate of drug-likeness (QED) is 0.286. The third-order valence-corrected chi connectivity index (χ3v) is 4.92. The first-order valence-corrected chi connectivity index (χ1v) is 10.1. The van der Waals surface area contributed by atoms with Gasteiger partial charge >= 0.3 is 5.97 Å². The summed E-state index contributed by atoms with van der Waals surface area (Å²) in [5.74, 6) is 0.707. The molecular weight excluding hydrogens is 422 g/mol. The van der Waals surface area contributed by atoms with Gasteiger partial charge < -0.3 is 20.3 Å². The first-order chi connectivity index (χ1) is 16.0. The summed E-state index contributed by atoms with van der Waals surface area (Å²) in [6, 6.07) is 13.1. The SMILES string of the molecule is COC(=O)c1cc(-c2c(NNCc3ncoc3C)nc(N)nc2-c2ccccc2)cc(C)n1. The van der Waals surface area contributed by atoms with Crippen molar-refractivity contribution in [2.45, 2.75) is 20.4 Å². The topological polar surface area (TPSA) is 141 Å². The average molecular weight is 445 g/mol. The summed E-state index contributed by atoms with van der Waals surface area (Å²) in [5.41, 5.74) is 16.6. The van der Waals surface area contributed by atoms with E-state index in [1.807, 2.05) is 43.3 Å². The van der Waals surface area contributed by atoms with E-state index < -0.39 is 5.97 Å². The third kappa shape index (κ3) is 4.80. The maximum Gasteiger partial charge on any atom is 0.356 e. The predicted molar refractivity (Wildman–Crippen MR) is 123 cm³/mol. The van der Waals surface area contributed by atoms with Crippen molar-refractivity contribution in [2.75, 3.05) is 18.3 Å². The monoisotopic (exact) mass is 445 g/mol. The Morgan fingerprint density at radius 2 is 1.88 bits per heavy atom. The highest BCUT2D eigenvalue weighted by atomic mass is 16.5. The Balaban J connectivity index is 1.83. The normalized spacial score (nSPS) is 10.8. The van der Waals surface area contributed by atoms with Crippen LogP contribution in [0.4, 0.5) is 11.8 Å². The molecule has 168 valence electrons. The predicted octanol–water partition coefficient (Wildman–Crippen LogP) is 3.30. The number of anilines is 2. The molecule has 0 aliphatic heterocycles. The lowest BCUT2D eigenvalue weighted by Crippen LogP contribution is -2.23. The maximum atomic E-state index is 12.2. The number of nitrogen functional groups attached to an aromatic ring is 1. The zero-order valence-corrected chi connectivity index (χ0v) is 18.4. The minimum Gasteiger partial charge on any atom is -0.464 e. The summed E-state index contributed by atoms with van der Waals surface area (Å²) < 4.78 is 10.1. The fourth-order valence-corrected chi connectivity index (χ4v) is 3.38. The molecule has 0 unspecified atom stereocenters. The number of ether oxygens (including phenoxy) is 1. The van der Waals surface area contributed by atoms with Crippen LogP contribution in [0.5, 0.6) is 0 Å². The molecule has 0 spiro atoms. The van der Waals surface area contributed by atoms with Gasteiger partial charge in [0.1, 0.15) is 11.5 Å². The molecule has 0 aliphatic carbocycles. The number of carbonyl (C=O) groups excluding carboxylic acids is 1. The second-order valence-electron chi connectivity index (χ2n) is 7.23. The summed E-state index contributed by atoms with van der Waals surface area (Å²) in [6.45, 7) is 4.02. The highest BCUT2D eigenvalue weighted by molar-refractivity contribution is 5.93. The van der Waals surface area contributed by atoms with Gasteiger partial charge in [-0.3, -0.25) is 0 Å². The van der Waals surface area contributed by atoms with Crippen LogP contribution in [0, 0.1) is 13.8 Å². The number of nitrogens with zero attached hydrogens (tertiary/aromatic N) is 4. The highest BCUT2D eigenvalue weighted by Gasteiger charge is 2.20. The second kappa shape index (κ2) is 9.45. The van der Waals surface area contributed by atoms with Crippen molar-refractivity contribution >= 4 is 17.7 Å². The molecule has 0 atom stereocenters. The van der Waals surface area contributed by atoms with Gasteiger partial charge in [0, 0.05) is 11.3 Å². The molecule has 0 radical (unpaired) electrons. The van der Waals surface area contributed by atoms with Crippen LogP contribution in [0.2, 0.25) is 0 Å². The molecule has 1 aromatic carbocycles. The number of hydrazine groups is 1. The average Bonchev–Trinajstić information content (AvgIpc) is 3.22. The number of aryl methyl sites for hydroxylation is 2. The number of nitrogens with two attached hydrogens (primary N) is 1. The Hall–Kier alpha value is -4.31. The van der Waals surface area contributed by atoms with E-state index in [2.05, 4.69) is 30.8 Å². The third-order valence-electron chi connectivity index (χ3n) is 4.92. The Morgan fingerprint density at radius 3 is 2.58 bits per heavy atom. The second-order valence-corrected chi connectivity index (χ2v) is 7.23. The van der Waals surface area contributed by atoms with Crippen LogP contribution in [-0.4, -0.2) is 33.0 Å². The van der Waals surface area contributed by atoms with Gasteiger partial charge in [-0.1, -0.05) is 30.3 Å². The molecule has 0 bridgehead atoms. The standard InChI is InChI=1S/C23H23N7O3/c1-13-9-16(10-17(27-13)22(31)32-3)19-20(15-7-5-4-6-8-15)28-23(24)29-21(19)30-26-11-18-14(2)33-12-25-18/h4-10,12,26H,11H2,1-3H3,(H3,24,28,29,30). The number of nitrogens with one attached hydrogen (secondary N) is 2. The molecule has 0 amide bonds. The maximum absolute atomic E-state index is 12.2. The van der Waals surface area contributed by atoms with Gasteiger partial charge in [0.15, 0.2) is 12.2 Å². The largest absolute Gasteiger partial charge is 0.464 e. The number of hydrogen-bond acceptors (Lipinski definition) is 10. The lowest BCUT2D eigenvalue weighted by atomic mass is 9.99. The van der Waals surface area contributed by atoms with Crippen LogP contribution in [0.1, 0.15) is 27.6 Å². The van der Waals surface area contributed by atoms with Crippen LogP contribution in [-0.2, 0) is 11.3 Å². The van der Waals surface area contributed by atoms with Gasteiger partial charge in [-0.05, 0) is 31.5 Å². The van der Waals surface area contributed by atoms with E-state index in [1.54, 1.807) is 13.0 Å². The zero-order valence-electron chi connectivity index (χ0n) is 18.4. The molecule has 3 heterocycles. The van der Waals surface area contributed by atoms with Crippen LogP contribution >= 0.6 is 0 Å². The fraction of sp³-hybridized carbons (Fsp3) is 0.174. The summed E-state index contributed by atoms with van der Waals surface area (Å²) in [6.07, 6.45) is 1.39. The van der Waals surface area contributed by atoms with E-state index in [1.165, 1.54) is 13.5 Å². The van der Waals surface area contributed by atoms with Gasteiger partial charge in [-0.15, -0.1) is 0 Å². The van der Waals surface area contributed by atoms with Gasteiger partial charge in [0.05, 0.1) is 30.6 Å². The van der Waals surface area contributed by atoms with Crippen molar-refractivity contribution in [3.8, 4) is 22.4 Å². The molecule has 10 heteroatoms. The molecule has 3 aromatic heterocycles. The number of benzene rings is 1. The van der Waals surface area contributed by atoms with E-state index in [0.717, 1.165) is 11.3 Å². The van der Waals surface area contributed by atoms with E-state index in [0.29, 0.717) is 40.6 Å². The van der Waals surface area contributed by atoms with Gasteiger partial charge in [0.25, 0.3) is 0 Å². The molecule has 4 N–H and O–H groups in total. The number of carbonyl (C=O) groups is 1. The van der Waals surface area contributed by atoms with E-state index in [9.17, 15) is 4.79 Å². The number of oxazole rings is 1. The Bertz CT molecular complexity index is 1290. The molecule has 0 saturated carbocycles. The lowest BCUT2D eigenvalue weighted by Gasteiger charge is -2.17. The van der Waals surface area contributed by atoms with Crippen molar-refractivity contribution < 1.29 is 13.9 Å². The molecular formula is C23H23N7O3. The minimum atomic E-state index is -0.535. The first kappa shape index (κ1) is 21.9.